The highest BCUT2D eigenvalue weighted by atomic mass is 32.2. The number of amides is 1. The summed E-state index contributed by atoms with van der Waals surface area (Å²) in [4.78, 5) is 12.5. The van der Waals surface area contributed by atoms with E-state index in [1.165, 1.54) is 11.8 Å². The lowest BCUT2D eigenvalue weighted by Gasteiger charge is -2.12. The van der Waals surface area contributed by atoms with Crippen LogP contribution in [0.25, 0.3) is 10.8 Å². The van der Waals surface area contributed by atoms with E-state index in [-0.39, 0.29) is 18.3 Å². The molecule has 4 aromatic rings. The van der Waals surface area contributed by atoms with Gasteiger partial charge in [0.15, 0.2) is 11.0 Å². The Morgan fingerprint density at radius 3 is 2.62 bits per heavy atom. The first-order valence-electron chi connectivity index (χ1n) is 10.8. The van der Waals surface area contributed by atoms with Crippen LogP contribution in [0, 0.1) is 0 Å². The second-order valence-electron chi connectivity index (χ2n) is 7.31. The normalized spacial score (nSPS) is 10.8. The minimum absolute atomic E-state index is 0.173. The molecule has 0 aliphatic heterocycles. The summed E-state index contributed by atoms with van der Waals surface area (Å²) in [5, 5.41) is 14.3. The molecule has 34 heavy (non-hydrogen) atoms. The summed E-state index contributed by atoms with van der Waals surface area (Å²) in [5.41, 5.74) is 0.579. The van der Waals surface area contributed by atoms with E-state index in [4.69, 9.17) is 14.2 Å². The SMILES string of the molecule is CCn1c(COc2cccc3ccccc23)nnc1SCC(=O)Nc1ccc(OC)cc1OC. The highest BCUT2D eigenvalue weighted by molar-refractivity contribution is 7.99. The summed E-state index contributed by atoms with van der Waals surface area (Å²) in [5.74, 6) is 2.69. The summed E-state index contributed by atoms with van der Waals surface area (Å²) < 4.78 is 18.6. The fourth-order valence-corrected chi connectivity index (χ4v) is 4.35. The van der Waals surface area contributed by atoms with Gasteiger partial charge in [-0.15, -0.1) is 10.2 Å². The Bertz CT molecular complexity index is 1290. The van der Waals surface area contributed by atoms with Crippen molar-refractivity contribution in [3.63, 3.8) is 0 Å². The molecule has 3 aromatic carbocycles. The van der Waals surface area contributed by atoms with Gasteiger partial charge in [0, 0.05) is 18.0 Å². The first kappa shape index (κ1) is 23.4. The molecule has 8 nitrogen and oxygen atoms in total. The fraction of sp³-hybridized carbons (Fsp3) is 0.240. The van der Waals surface area contributed by atoms with E-state index < -0.39 is 0 Å². The number of fused-ring (bicyclic) bond motifs is 1. The average molecular weight is 479 g/mol. The number of ether oxygens (including phenoxy) is 3. The number of hydrogen-bond donors (Lipinski definition) is 1. The summed E-state index contributed by atoms with van der Waals surface area (Å²) in [6.45, 7) is 2.96. The molecule has 0 fully saturated rings. The van der Waals surface area contributed by atoms with E-state index in [1.54, 1.807) is 32.4 Å². The number of thioether (sulfide) groups is 1. The van der Waals surface area contributed by atoms with Crippen molar-refractivity contribution in [1.29, 1.82) is 0 Å². The molecule has 1 heterocycles. The minimum atomic E-state index is -0.173. The number of rotatable bonds is 10. The largest absolute Gasteiger partial charge is 0.497 e. The van der Waals surface area contributed by atoms with E-state index in [1.807, 2.05) is 41.8 Å². The number of carbonyl (C=O) groups is 1. The van der Waals surface area contributed by atoms with Crippen LogP contribution in [0.15, 0.2) is 65.8 Å². The van der Waals surface area contributed by atoms with Crippen LogP contribution in [0.5, 0.6) is 17.2 Å². The number of anilines is 1. The maximum Gasteiger partial charge on any atom is 0.234 e. The van der Waals surface area contributed by atoms with Gasteiger partial charge in [0.2, 0.25) is 5.91 Å². The summed E-state index contributed by atoms with van der Waals surface area (Å²) >= 11 is 1.32. The van der Waals surface area contributed by atoms with Crippen LogP contribution in [0.2, 0.25) is 0 Å². The van der Waals surface area contributed by atoms with Gasteiger partial charge in [-0.3, -0.25) is 4.79 Å². The zero-order valence-electron chi connectivity index (χ0n) is 19.3. The molecule has 4 rings (SSSR count). The molecule has 0 bridgehead atoms. The Balaban J connectivity index is 1.39. The highest BCUT2D eigenvalue weighted by Crippen LogP contribution is 2.30. The lowest BCUT2D eigenvalue weighted by molar-refractivity contribution is -0.113. The lowest BCUT2D eigenvalue weighted by atomic mass is 10.1. The van der Waals surface area contributed by atoms with Crippen LogP contribution in [0.3, 0.4) is 0 Å². The van der Waals surface area contributed by atoms with Crippen LogP contribution in [0.1, 0.15) is 12.7 Å². The van der Waals surface area contributed by atoms with Crippen LogP contribution in [0.4, 0.5) is 5.69 Å². The number of methoxy groups -OCH3 is 2. The number of nitrogens with zero attached hydrogens (tertiary/aromatic N) is 3. The molecule has 1 aromatic heterocycles. The maximum atomic E-state index is 12.5. The Labute approximate surface area is 202 Å². The number of aromatic nitrogens is 3. The van der Waals surface area contributed by atoms with Crippen LogP contribution < -0.4 is 19.5 Å². The molecular weight excluding hydrogens is 452 g/mol. The zero-order chi connectivity index (χ0) is 23.9. The molecule has 0 saturated carbocycles. The van der Waals surface area contributed by atoms with E-state index in [9.17, 15) is 4.79 Å². The standard InChI is InChI=1S/C25H26N4O4S/c1-4-29-23(15-33-21-11-7-9-17-8-5-6-10-19(17)21)27-28-25(29)34-16-24(30)26-20-13-12-18(31-2)14-22(20)32-3/h5-14H,4,15-16H2,1-3H3,(H,26,30). The van der Waals surface area contributed by atoms with E-state index in [0.29, 0.717) is 34.7 Å². The van der Waals surface area contributed by atoms with Crippen LogP contribution >= 0.6 is 11.8 Å². The number of benzene rings is 3. The number of nitrogens with one attached hydrogen (secondary N) is 1. The van der Waals surface area contributed by atoms with Crippen molar-refractivity contribution in [1.82, 2.24) is 14.8 Å². The average Bonchev–Trinajstić information content (AvgIpc) is 3.28. The van der Waals surface area contributed by atoms with Gasteiger partial charge in [-0.2, -0.15) is 0 Å². The second-order valence-corrected chi connectivity index (χ2v) is 8.25. The molecule has 1 amide bonds. The Morgan fingerprint density at radius 2 is 1.82 bits per heavy atom. The molecule has 0 atom stereocenters. The van der Waals surface area contributed by atoms with Crippen molar-refractivity contribution in [2.45, 2.75) is 25.2 Å². The molecular formula is C25H26N4O4S. The zero-order valence-corrected chi connectivity index (χ0v) is 20.1. The molecule has 0 saturated heterocycles. The second kappa shape index (κ2) is 10.9. The fourth-order valence-electron chi connectivity index (χ4n) is 3.53. The van der Waals surface area contributed by atoms with Gasteiger partial charge in [-0.25, -0.2) is 0 Å². The van der Waals surface area contributed by atoms with Gasteiger partial charge >= 0.3 is 0 Å². The first-order chi connectivity index (χ1) is 16.6. The summed E-state index contributed by atoms with van der Waals surface area (Å²) in [6.07, 6.45) is 0. The third-order valence-electron chi connectivity index (χ3n) is 5.23. The van der Waals surface area contributed by atoms with Crippen molar-refractivity contribution < 1.29 is 19.0 Å². The molecule has 0 aliphatic carbocycles. The van der Waals surface area contributed by atoms with Crippen molar-refractivity contribution in [3.8, 4) is 17.2 Å². The van der Waals surface area contributed by atoms with Gasteiger partial charge in [0.05, 0.1) is 25.7 Å². The molecule has 1 N–H and O–H groups in total. The first-order valence-corrected chi connectivity index (χ1v) is 11.8. The molecule has 0 radical (unpaired) electrons. The highest BCUT2D eigenvalue weighted by Gasteiger charge is 2.15. The third kappa shape index (κ3) is 5.26. The van der Waals surface area contributed by atoms with Crippen LogP contribution in [-0.4, -0.2) is 40.6 Å². The van der Waals surface area contributed by atoms with Crippen molar-refractivity contribution in [2.75, 3.05) is 25.3 Å². The predicted molar refractivity (Wildman–Crippen MR) is 133 cm³/mol. The number of carbonyl (C=O) groups excluding carboxylic acids is 1. The predicted octanol–water partition coefficient (Wildman–Crippen LogP) is 4.78. The lowest BCUT2D eigenvalue weighted by Crippen LogP contribution is -2.15. The van der Waals surface area contributed by atoms with Gasteiger partial charge in [-0.05, 0) is 30.5 Å². The van der Waals surface area contributed by atoms with Gasteiger partial charge in [-0.1, -0.05) is 48.2 Å². The van der Waals surface area contributed by atoms with E-state index in [2.05, 4.69) is 27.6 Å². The minimum Gasteiger partial charge on any atom is -0.497 e. The molecule has 0 unspecified atom stereocenters. The molecule has 9 heteroatoms. The summed E-state index contributed by atoms with van der Waals surface area (Å²) in [6, 6.07) is 19.3. The molecule has 0 spiro atoms. The van der Waals surface area contributed by atoms with Crippen molar-refractivity contribution in [2.24, 2.45) is 0 Å². The van der Waals surface area contributed by atoms with Crippen LogP contribution in [-0.2, 0) is 17.9 Å². The quantitative estimate of drug-likeness (QED) is 0.328. The molecule has 176 valence electrons. The molecule has 0 aliphatic rings. The van der Waals surface area contributed by atoms with Crippen molar-refractivity contribution in [3.05, 3.63) is 66.5 Å². The van der Waals surface area contributed by atoms with Gasteiger partial charge in [0.1, 0.15) is 23.9 Å². The van der Waals surface area contributed by atoms with Gasteiger partial charge in [0.25, 0.3) is 0 Å². The third-order valence-corrected chi connectivity index (χ3v) is 6.20. The summed E-state index contributed by atoms with van der Waals surface area (Å²) in [7, 11) is 3.12. The number of hydrogen-bond acceptors (Lipinski definition) is 7. The topological polar surface area (TPSA) is 87.5 Å². The Hall–Kier alpha value is -3.72. The Morgan fingerprint density at radius 1 is 1.00 bits per heavy atom. The van der Waals surface area contributed by atoms with Gasteiger partial charge < -0.3 is 24.1 Å². The maximum absolute atomic E-state index is 12.5. The van der Waals surface area contributed by atoms with E-state index >= 15 is 0 Å². The van der Waals surface area contributed by atoms with E-state index in [0.717, 1.165) is 16.5 Å². The Kier molecular flexibility index (Phi) is 7.54. The monoisotopic (exact) mass is 478 g/mol. The van der Waals surface area contributed by atoms with Crippen molar-refractivity contribution >= 4 is 34.1 Å². The smallest absolute Gasteiger partial charge is 0.234 e.